The van der Waals surface area contributed by atoms with Crippen LogP contribution in [0.3, 0.4) is 0 Å². The molecule has 0 unspecified atom stereocenters. The number of hydrogen-bond acceptors (Lipinski definition) is 11. The highest BCUT2D eigenvalue weighted by molar-refractivity contribution is 5.91. The zero-order chi connectivity index (χ0) is 30.4. The number of carbonyl (C=O) groups is 2. The smallest absolute Gasteiger partial charge is 0.376 e. The summed E-state index contributed by atoms with van der Waals surface area (Å²) in [5, 5.41) is 24.1. The summed E-state index contributed by atoms with van der Waals surface area (Å²) >= 11 is 0. The molecule has 224 valence electrons. The Bertz CT molecular complexity index is 1610. The third kappa shape index (κ3) is 5.20. The fourth-order valence-electron chi connectivity index (χ4n) is 5.52. The van der Waals surface area contributed by atoms with Crippen LogP contribution in [0.15, 0.2) is 67.0 Å². The number of fused-ring (bicyclic) bond motifs is 2. The monoisotopic (exact) mass is 589 g/mol. The number of carboxylic acid groups (broad SMARTS) is 1. The molecule has 2 fully saturated rings. The predicted octanol–water partition coefficient (Wildman–Crippen LogP) is 3.07. The molecule has 0 radical (unpaired) electrons. The zero-order valence-corrected chi connectivity index (χ0v) is 23.7. The summed E-state index contributed by atoms with van der Waals surface area (Å²) in [6.45, 7) is 5.38. The van der Waals surface area contributed by atoms with Gasteiger partial charge in [-0.25, -0.2) is 24.5 Å². The molecule has 0 aliphatic carbocycles. The number of benzene rings is 2. The van der Waals surface area contributed by atoms with Crippen molar-refractivity contribution in [2.45, 2.75) is 56.7 Å². The molecule has 2 aromatic carbocycles. The Morgan fingerprint density at radius 1 is 1.02 bits per heavy atom. The molecular weight excluding hydrogens is 558 g/mol. The molecule has 43 heavy (non-hydrogen) atoms. The van der Waals surface area contributed by atoms with E-state index in [1.165, 1.54) is 10.9 Å². The first kappa shape index (κ1) is 28.7. The molecule has 0 spiro atoms. The molecule has 0 saturated carbocycles. The van der Waals surface area contributed by atoms with Gasteiger partial charge in [0.25, 0.3) is 5.79 Å². The molecule has 6 rings (SSSR count). The second-order valence-corrected chi connectivity index (χ2v) is 10.7. The van der Waals surface area contributed by atoms with Crippen LogP contribution in [-0.2, 0) is 23.7 Å². The van der Waals surface area contributed by atoms with Crippen molar-refractivity contribution in [3.8, 4) is 0 Å². The lowest BCUT2D eigenvalue weighted by Crippen LogP contribution is -2.49. The number of aliphatic hydroxyl groups is 1. The molecule has 2 aliphatic heterocycles. The van der Waals surface area contributed by atoms with Crippen LogP contribution in [0.5, 0.6) is 0 Å². The number of nitrogens with zero attached hydrogens (tertiary/aromatic N) is 4. The van der Waals surface area contributed by atoms with Gasteiger partial charge in [0.2, 0.25) is 5.82 Å². The van der Waals surface area contributed by atoms with Gasteiger partial charge in [0.05, 0.1) is 12.9 Å². The van der Waals surface area contributed by atoms with Crippen LogP contribution in [0.2, 0.25) is 0 Å². The molecule has 2 aromatic heterocycles. The second-order valence-electron chi connectivity index (χ2n) is 10.7. The summed E-state index contributed by atoms with van der Waals surface area (Å²) in [5.41, 5.74) is 2.57. The molecule has 4 heterocycles. The lowest BCUT2D eigenvalue weighted by atomic mass is 9.91. The number of hydrogen-bond donors (Lipinski definition) is 3. The minimum Gasteiger partial charge on any atom is -0.477 e. The summed E-state index contributed by atoms with van der Waals surface area (Å²) in [4.78, 5) is 38.3. The van der Waals surface area contributed by atoms with Crippen molar-refractivity contribution < 1.29 is 38.7 Å². The summed E-state index contributed by atoms with van der Waals surface area (Å²) < 4.78 is 23.9. The van der Waals surface area contributed by atoms with E-state index >= 15 is 0 Å². The number of aliphatic carboxylic acids is 1. The molecule has 4 aromatic rings. The topological polar surface area (TPSA) is 167 Å². The standard InChI is InChI=1S/C30H31N5O8/c1-4-40-27(36)24-33-23(31-15-19(17-11-7-5-8-12-17)18-13-9-6-10-14-18)20-25(34-24)35(16-32-20)26-21-22(42-29(2,3)41-21)30(39,43-26)28(37)38/h5-14,16,19,21-22,26,39H,4,15H2,1-3H3,(H,37,38)(H,31,33,34)/t21-,22+,26-,30+/m1/s1. The van der Waals surface area contributed by atoms with Crippen molar-refractivity contribution in [1.82, 2.24) is 19.5 Å². The maximum absolute atomic E-state index is 12.8. The summed E-state index contributed by atoms with van der Waals surface area (Å²) in [7, 11) is 0. The van der Waals surface area contributed by atoms with E-state index < -0.39 is 41.9 Å². The van der Waals surface area contributed by atoms with Crippen LogP contribution in [-0.4, -0.2) is 78.6 Å². The van der Waals surface area contributed by atoms with Gasteiger partial charge < -0.3 is 34.5 Å². The quantitative estimate of drug-likeness (QED) is 0.245. The number of ether oxygens (including phenoxy) is 4. The van der Waals surface area contributed by atoms with Crippen molar-refractivity contribution in [3.63, 3.8) is 0 Å². The fourth-order valence-corrected chi connectivity index (χ4v) is 5.52. The Balaban J connectivity index is 1.41. The van der Waals surface area contributed by atoms with Gasteiger partial charge >= 0.3 is 11.9 Å². The minimum absolute atomic E-state index is 0.0729. The van der Waals surface area contributed by atoms with Crippen LogP contribution in [0, 0.1) is 0 Å². The maximum Gasteiger partial charge on any atom is 0.376 e. The predicted molar refractivity (Wildman–Crippen MR) is 151 cm³/mol. The van der Waals surface area contributed by atoms with Gasteiger partial charge in [-0.15, -0.1) is 0 Å². The Morgan fingerprint density at radius 3 is 2.28 bits per heavy atom. The van der Waals surface area contributed by atoms with Gasteiger partial charge in [-0.3, -0.25) is 4.57 Å². The normalized spacial score (nSPS) is 24.3. The van der Waals surface area contributed by atoms with Gasteiger partial charge in [-0.05, 0) is 31.9 Å². The molecule has 2 saturated heterocycles. The van der Waals surface area contributed by atoms with Crippen molar-refractivity contribution in [2.75, 3.05) is 18.5 Å². The third-order valence-corrected chi connectivity index (χ3v) is 7.43. The number of aromatic nitrogens is 4. The highest BCUT2D eigenvalue weighted by Gasteiger charge is 2.67. The molecule has 13 heteroatoms. The first-order chi connectivity index (χ1) is 20.6. The Morgan fingerprint density at radius 2 is 1.67 bits per heavy atom. The van der Waals surface area contributed by atoms with Crippen molar-refractivity contribution >= 4 is 28.9 Å². The largest absolute Gasteiger partial charge is 0.477 e. The van der Waals surface area contributed by atoms with E-state index in [0.29, 0.717) is 6.54 Å². The van der Waals surface area contributed by atoms with Crippen LogP contribution in [0.25, 0.3) is 11.2 Å². The lowest BCUT2D eigenvalue weighted by molar-refractivity contribution is -0.280. The van der Waals surface area contributed by atoms with Gasteiger partial charge in [0.1, 0.15) is 6.10 Å². The summed E-state index contributed by atoms with van der Waals surface area (Å²) in [5.74, 6) is -6.33. The lowest BCUT2D eigenvalue weighted by Gasteiger charge is -2.27. The Kier molecular flexibility index (Phi) is 7.34. The minimum atomic E-state index is -2.70. The summed E-state index contributed by atoms with van der Waals surface area (Å²) in [6.07, 6.45) is -2.22. The first-order valence-electron chi connectivity index (χ1n) is 13.9. The SMILES string of the molecule is CCOC(=O)c1nc(NCC(c2ccccc2)c2ccccc2)c2ncn([C@@H]3O[C@](O)(C(=O)O)[C@H]4OC(C)(C)O[C@@H]34)c2n1. The third-order valence-electron chi connectivity index (χ3n) is 7.43. The molecule has 3 N–H and O–H groups in total. The van der Waals surface area contributed by atoms with Crippen LogP contribution in [0.4, 0.5) is 5.82 Å². The number of imidazole rings is 1. The van der Waals surface area contributed by atoms with Crippen LogP contribution >= 0.6 is 0 Å². The van der Waals surface area contributed by atoms with Crippen molar-refractivity contribution in [1.29, 1.82) is 0 Å². The van der Waals surface area contributed by atoms with Crippen LogP contribution in [0.1, 0.15) is 54.7 Å². The van der Waals surface area contributed by atoms with Gasteiger partial charge in [-0.1, -0.05) is 60.7 Å². The van der Waals surface area contributed by atoms with Crippen molar-refractivity contribution in [3.05, 3.63) is 83.9 Å². The second kappa shape index (κ2) is 11.0. The molecule has 2 aliphatic rings. The fraction of sp³-hybridized carbons (Fsp3) is 0.367. The molecular formula is C30H31N5O8. The van der Waals surface area contributed by atoms with Gasteiger partial charge in [-0.2, -0.15) is 0 Å². The Labute approximate surface area is 246 Å². The van der Waals surface area contributed by atoms with E-state index in [1.54, 1.807) is 20.8 Å². The first-order valence-corrected chi connectivity index (χ1v) is 13.9. The van der Waals surface area contributed by atoms with E-state index in [9.17, 15) is 19.8 Å². The van der Waals surface area contributed by atoms with Gasteiger partial charge in [0.15, 0.2) is 35.1 Å². The van der Waals surface area contributed by atoms with E-state index in [-0.39, 0.29) is 35.3 Å². The van der Waals surface area contributed by atoms with E-state index in [1.807, 2.05) is 60.7 Å². The summed E-state index contributed by atoms with van der Waals surface area (Å²) in [6, 6.07) is 19.9. The molecule has 13 nitrogen and oxygen atoms in total. The van der Waals surface area contributed by atoms with E-state index in [4.69, 9.17) is 18.9 Å². The zero-order valence-electron chi connectivity index (χ0n) is 23.7. The highest BCUT2D eigenvalue weighted by atomic mass is 16.8. The average Bonchev–Trinajstić information content (AvgIpc) is 3.64. The van der Waals surface area contributed by atoms with E-state index in [0.717, 1.165) is 11.1 Å². The number of nitrogens with one attached hydrogen (secondary N) is 1. The molecule has 0 amide bonds. The van der Waals surface area contributed by atoms with E-state index in [2.05, 4.69) is 20.3 Å². The van der Waals surface area contributed by atoms with Gasteiger partial charge in [0, 0.05) is 12.5 Å². The number of anilines is 1. The highest BCUT2D eigenvalue weighted by Crippen LogP contribution is 2.48. The number of rotatable bonds is 9. The molecule has 0 bridgehead atoms. The Hall–Kier alpha value is -4.43. The number of esters is 1. The molecule has 4 atom stereocenters. The maximum atomic E-state index is 12.8. The average molecular weight is 590 g/mol. The van der Waals surface area contributed by atoms with Crippen LogP contribution < -0.4 is 5.32 Å². The van der Waals surface area contributed by atoms with Crippen molar-refractivity contribution in [2.24, 2.45) is 0 Å². The number of carboxylic acids is 1. The number of carbonyl (C=O) groups excluding carboxylic acids is 1.